The lowest BCUT2D eigenvalue weighted by molar-refractivity contribution is 0.277. The summed E-state index contributed by atoms with van der Waals surface area (Å²) in [5, 5.41) is 3.42. The van der Waals surface area contributed by atoms with Gasteiger partial charge in [-0.1, -0.05) is 6.92 Å². The Morgan fingerprint density at radius 3 is 3.28 bits per heavy atom. The van der Waals surface area contributed by atoms with Crippen LogP contribution in [-0.4, -0.2) is 50.5 Å². The summed E-state index contributed by atoms with van der Waals surface area (Å²) >= 11 is 0. The highest BCUT2D eigenvalue weighted by Gasteiger charge is 2.22. The number of nitrogens with zero attached hydrogens (tertiary/aromatic N) is 4. The lowest BCUT2D eigenvalue weighted by Gasteiger charge is -2.23. The van der Waals surface area contributed by atoms with E-state index in [1.807, 2.05) is 0 Å². The highest BCUT2D eigenvalue weighted by molar-refractivity contribution is 5.81. The monoisotopic (exact) mass is 246 g/mol. The third-order valence-corrected chi connectivity index (χ3v) is 3.63. The van der Waals surface area contributed by atoms with Crippen LogP contribution in [0.25, 0.3) is 11.2 Å². The minimum Gasteiger partial charge on any atom is -0.367 e. The number of nitrogens with one attached hydrogen (secondary N) is 2. The normalized spacial score (nSPS) is 20.6. The SMILES string of the molecule is CCN1CCCC1CNc1ncnc2nc[nH]c12. The number of likely N-dealkylation sites (tertiary alicyclic amines) is 1. The maximum absolute atomic E-state index is 4.28. The van der Waals surface area contributed by atoms with Crippen molar-refractivity contribution in [1.29, 1.82) is 0 Å². The van der Waals surface area contributed by atoms with Crippen LogP contribution in [0.3, 0.4) is 0 Å². The van der Waals surface area contributed by atoms with Crippen molar-refractivity contribution < 1.29 is 0 Å². The molecular weight excluding hydrogens is 228 g/mol. The molecule has 3 heterocycles. The summed E-state index contributed by atoms with van der Waals surface area (Å²) in [5.74, 6) is 0.848. The quantitative estimate of drug-likeness (QED) is 0.849. The number of hydrogen-bond acceptors (Lipinski definition) is 5. The van der Waals surface area contributed by atoms with Gasteiger partial charge in [-0.3, -0.25) is 4.90 Å². The second-order valence-electron chi connectivity index (χ2n) is 4.63. The summed E-state index contributed by atoms with van der Waals surface area (Å²) in [6.45, 7) is 5.48. The van der Waals surface area contributed by atoms with Gasteiger partial charge in [-0.25, -0.2) is 15.0 Å². The number of H-pyrrole nitrogens is 1. The van der Waals surface area contributed by atoms with Crippen LogP contribution in [0.2, 0.25) is 0 Å². The van der Waals surface area contributed by atoms with E-state index in [-0.39, 0.29) is 0 Å². The van der Waals surface area contributed by atoms with Gasteiger partial charge in [-0.15, -0.1) is 0 Å². The van der Waals surface area contributed by atoms with Gasteiger partial charge in [0.1, 0.15) is 11.8 Å². The summed E-state index contributed by atoms with van der Waals surface area (Å²) < 4.78 is 0. The predicted molar refractivity (Wildman–Crippen MR) is 70.4 cm³/mol. The zero-order valence-electron chi connectivity index (χ0n) is 10.6. The molecule has 2 aromatic heterocycles. The van der Waals surface area contributed by atoms with Crippen LogP contribution in [-0.2, 0) is 0 Å². The first-order valence-corrected chi connectivity index (χ1v) is 6.50. The number of aromatic amines is 1. The van der Waals surface area contributed by atoms with E-state index in [2.05, 4.69) is 37.1 Å². The molecule has 0 amide bonds. The summed E-state index contributed by atoms with van der Waals surface area (Å²) in [4.78, 5) is 18.1. The van der Waals surface area contributed by atoms with E-state index >= 15 is 0 Å². The van der Waals surface area contributed by atoms with Crippen molar-refractivity contribution in [1.82, 2.24) is 24.8 Å². The Bertz CT molecular complexity index is 522. The van der Waals surface area contributed by atoms with Gasteiger partial charge in [0.25, 0.3) is 0 Å². The molecule has 1 aliphatic rings. The van der Waals surface area contributed by atoms with Crippen LogP contribution in [0.1, 0.15) is 19.8 Å². The fraction of sp³-hybridized carbons (Fsp3) is 0.583. The van der Waals surface area contributed by atoms with E-state index in [9.17, 15) is 0 Å². The average Bonchev–Trinajstić information content (AvgIpc) is 3.04. The topological polar surface area (TPSA) is 69.7 Å². The molecule has 96 valence electrons. The largest absolute Gasteiger partial charge is 0.367 e. The van der Waals surface area contributed by atoms with Crippen molar-refractivity contribution in [3.8, 4) is 0 Å². The number of rotatable bonds is 4. The van der Waals surface area contributed by atoms with Gasteiger partial charge < -0.3 is 10.3 Å². The molecule has 1 atom stereocenters. The van der Waals surface area contributed by atoms with Crippen molar-refractivity contribution in [3.05, 3.63) is 12.7 Å². The van der Waals surface area contributed by atoms with E-state index in [1.165, 1.54) is 19.4 Å². The molecule has 1 fully saturated rings. The smallest absolute Gasteiger partial charge is 0.182 e. The van der Waals surface area contributed by atoms with E-state index in [4.69, 9.17) is 0 Å². The molecule has 1 unspecified atom stereocenters. The lowest BCUT2D eigenvalue weighted by Crippen LogP contribution is -2.34. The molecule has 1 saturated heterocycles. The maximum atomic E-state index is 4.28. The molecule has 0 saturated carbocycles. The Balaban J connectivity index is 1.71. The summed E-state index contributed by atoms with van der Waals surface area (Å²) in [5.41, 5.74) is 1.60. The fourth-order valence-electron chi connectivity index (χ4n) is 2.66. The number of fused-ring (bicyclic) bond motifs is 1. The zero-order chi connectivity index (χ0) is 12.4. The third-order valence-electron chi connectivity index (χ3n) is 3.63. The van der Waals surface area contributed by atoms with Crippen LogP contribution in [0.4, 0.5) is 5.82 Å². The molecule has 0 aromatic carbocycles. The number of likely N-dealkylation sites (N-methyl/N-ethyl adjacent to an activating group) is 1. The number of aromatic nitrogens is 4. The van der Waals surface area contributed by atoms with E-state index in [1.54, 1.807) is 12.7 Å². The molecule has 2 aromatic rings. The van der Waals surface area contributed by atoms with Crippen LogP contribution in [0.5, 0.6) is 0 Å². The van der Waals surface area contributed by atoms with Gasteiger partial charge in [-0.05, 0) is 25.9 Å². The molecule has 0 spiro atoms. The van der Waals surface area contributed by atoms with Gasteiger partial charge in [0.15, 0.2) is 11.5 Å². The van der Waals surface area contributed by atoms with Crippen molar-refractivity contribution >= 4 is 17.0 Å². The van der Waals surface area contributed by atoms with Crippen molar-refractivity contribution in [2.45, 2.75) is 25.8 Å². The molecule has 3 rings (SSSR count). The molecule has 0 bridgehead atoms. The maximum Gasteiger partial charge on any atom is 0.182 e. The van der Waals surface area contributed by atoms with Gasteiger partial charge in [0, 0.05) is 12.6 Å². The second-order valence-corrected chi connectivity index (χ2v) is 4.63. The first-order valence-electron chi connectivity index (χ1n) is 6.50. The van der Waals surface area contributed by atoms with Gasteiger partial charge >= 0.3 is 0 Å². The minimum absolute atomic E-state index is 0.614. The number of imidazole rings is 1. The predicted octanol–water partition coefficient (Wildman–Crippen LogP) is 1.25. The van der Waals surface area contributed by atoms with Crippen molar-refractivity contribution in [2.24, 2.45) is 0 Å². The Morgan fingerprint density at radius 1 is 1.44 bits per heavy atom. The second kappa shape index (κ2) is 4.89. The van der Waals surface area contributed by atoms with Crippen LogP contribution in [0.15, 0.2) is 12.7 Å². The molecule has 2 N–H and O–H groups in total. The van der Waals surface area contributed by atoms with E-state index in [0.29, 0.717) is 11.7 Å². The summed E-state index contributed by atoms with van der Waals surface area (Å²) in [6.07, 6.45) is 5.76. The molecular formula is C12H18N6. The molecule has 18 heavy (non-hydrogen) atoms. The van der Waals surface area contributed by atoms with E-state index < -0.39 is 0 Å². The van der Waals surface area contributed by atoms with Crippen LogP contribution >= 0.6 is 0 Å². The van der Waals surface area contributed by atoms with E-state index in [0.717, 1.165) is 24.4 Å². The first-order chi connectivity index (χ1) is 8.88. The molecule has 6 heteroatoms. The fourth-order valence-corrected chi connectivity index (χ4v) is 2.66. The van der Waals surface area contributed by atoms with Gasteiger partial charge in [0.05, 0.1) is 6.33 Å². The summed E-state index contributed by atoms with van der Waals surface area (Å²) in [7, 11) is 0. The van der Waals surface area contributed by atoms with Crippen LogP contribution in [0, 0.1) is 0 Å². The van der Waals surface area contributed by atoms with Crippen molar-refractivity contribution in [2.75, 3.05) is 25.0 Å². The van der Waals surface area contributed by atoms with Crippen molar-refractivity contribution in [3.63, 3.8) is 0 Å². The molecule has 0 aliphatic carbocycles. The Hall–Kier alpha value is -1.69. The Labute approximate surface area is 106 Å². The standard InChI is InChI=1S/C12H18N6/c1-2-18-5-3-4-9(18)6-13-11-10-12(15-7-14-10)17-8-16-11/h7-9H,2-6H2,1H3,(H2,13,14,15,16,17). The highest BCUT2D eigenvalue weighted by Crippen LogP contribution is 2.19. The third kappa shape index (κ3) is 2.03. The zero-order valence-corrected chi connectivity index (χ0v) is 10.6. The lowest BCUT2D eigenvalue weighted by atomic mass is 10.2. The molecule has 1 aliphatic heterocycles. The van der Waals surface area contributed by atoms with Gasteiger partial charge in [0.2, 0.25) is 0 Å². The Morgan fingerprint density at radius 2 is 2.39 bits per heavy atom. The minimum atomic E-state index is 0.614. The summed E-state index contributed by atoms with van der Waals surface area (Å²) in [6, 6.07) is 0.614. The highest BCUT2D eigenvalue weighted by atomic mass is 15.2. The molecule has 6 nitrogen and oxygen atoms in total. The number of anilines is 1. The first kappa shape index (κ1) is 11.4. The van der Waals surface area contributed by atoms with Crippen LogP contribution < -0.4 is 5.32 Å². The average molecular weight is 246 g/mol. The van der Waals surface area contributed by atoms with Gasteiger partial charge in [-0.2, -0.15) is 0 Å². The Kier molecular flexibility index (Phi) is 3.10. The molecule has 0 radical (unpaired) electrons. The number of hydrogen-bond donors (Lipinski definition) is 2.